The van der Waals surface area contributed by atoms with Gasteiger partial charge in [0.1, 0.15) is 6.10 Å². The van der Waals surface area contributed by atoms with Gasteiger partial charge >= 0.3 is 6.09 Å². The number of ether oxygens (including phenoxy) is 1. The van der Waals surface area contributed by atoms with Crippen molar-refractivity contribution >= 4 is 11.8 Å². The van der Waals surface area contributed by atoms with Gasteiger partial charge in [-0.25, -0.2) is 4.79 Å². The second kappa shape index (κ2) is 4.00. The molecule has 2 N–H and O–H groups in total. The molecule has 0 aliphatic carbocycles. The van der Waals surface area contributed by atoms with Crippen LogP contribution < -0.4 is 10.6 Å². The molecule has 1 saturated heterocycles. The molecule has 1 aromatic carbocycles. The van der Waals surface area contributed by atoms with Crippen LogP contribution in [-0.4, -0.2) is 25.3 Å². The van der Waals surface area contributed by atoms with Gasteiger partial charge in [-0.2, -0.15) is 0 Å². The van der Waals surface area contributed by atoms with Gasteiger partial charge < -0.3 is 15.4 Å². The minimum absolute atomic E-state index is 0.0669. The molecular formula is C10H12N2O2. The summed E-state index contributed by atoms with van der Waals surface area (Å²) in [6.07, 6.45) is -0.396. The maximum atomic E-state index is 10.7. The highest BCUT2D eigenvalue weighted by Crippen LogP contribution is 2.06. The molecule has 14 heavy (non-hydrogen) atoms. The first-order valence-corrected chi connectivity index (χ1v) is 4.58. The Morgan fingerprint density at radius 3 is 2.86 bits per heavy atom. The van der Waals surface area contributed by atoms with Crippen molar-refractivity contribution in [3.8, 4) is 0 Å². The number of hydrogen-bond acceptors (Lipinski definition) is 3. The maximum Gasteiger partial charge on any atom is 0.407 e. The first-order valence-electron chi connectivity index (χ1n) is 4.58. The van der Waals surface area contributed by atoms with Gasteiger partial charge in [0.05, 0.1) is 13.1 Å². The van der Waals surface area contributed by atoms with Crippen LogP contribution in [0.2, 0.25) is 0 Å². The predicted molar refractivity (Wildman–Crippen MR) is 53.2 cm³/mol. The van der Waals surface area contributed by atoms with Crippen LogP contribution in [-0.2, 0) is 4.74 Å². The molecule has 1 heterocycles. The monoisotopic (exact) mass is 192 g/mol. The summed E-state index contributed by atoms with van der Waals surface area (Å²) in [7, 11) is 0. The van der Waals surface area contributed by atoms with E-state index in [1.54, 1.807) is 0 Å². The van der Waals surface area contributed by atoms with Crippen LogP contribution in [0.5, 0.6) is 0 Å². The molecule has 4 heteroatoms. The average Bonchev–Trinajstić information content (AvgIpc) is 2.63. The van der Waals surface area contributed by atoms with E-state index in [9.17, 15) is 4.79 Å². The Labute approximate surface area is 82.3 Å². The molecule has 4 nitrogen and oxygen atoms in total. The van der Waals surface area contributed by atoms with E-state index < -0.39 is 0 Å². The molecule has 1 aromatic rings. The van der Waals surface area contributed by atoms with Crippen LogP contribution in [0, 0.1) is 0 Å². The lowest BCUT2D eigenvalue weighted by Gasteiger charge is -2.09. The van der Waals surface area contributed by atoms with Crippen molar-refractivity contribution in [3.63, 3.8) is 0 Å². The molecule has 1 atom stereocenters. The lowest BCUT2D eigenvalue weighted by molar-refractivity contribution is 0.145. The van der Waals surface area contributed by atoms with Crippen LogP contribution in [0.3, 0.4) is 0 Å². The molecular weight excluding hydrogens is 180 g/mol. The Bertz CT molecular complexity index is 313. The molecule has 0 spiro atoms. The molecule has 74 valence electrons. The van der Waals surface area contributed by atoms with E-state index in [4.69, 9.17) is 4.74 Å². The van der Waals surface area contributed by atoms with Crippen LogP contribution >= 0.6 is 0 Å². The number of para-hydroxylation sites is 1. The van der Waals surface area contributed by atoms with Gasteiger partial charge in [0.25, 0.3) is 0 Å². The molecule has 0 bridgehead atoms. The third-order valence-electron chi connectivity index (χ3n) is 2.06. The minimum Gasteiger partial charge on any atom is -0.442 e. The Balaban J connectivity index is 1.80. The Morgan fingerprint density at radius 2 is 2.21 bits per heavy atom. The third kappa shape index (κ3) is 2.16. The zero-order valence-electron chi connectivity index (χ0n) is 7.69. The number of carbonyl (C=O) groups excluding carboxylic acids is 1. The first-order chi connectivity index (χ1) is 6.84. The summed E-state index contributed by atoms with van der Waals surface area (Å²) in [5.74, 6) is 0. The lowest BCUT2D eigenvalue weighted by atomic mass is 10.3. The first kappa shape index (κ1) is 8.87. The van der Waals surface area contributed by atoms with Gasteiger partial charge in [-0.3, -0.25) is 0 Å². The number of benzene rings is 1. The summed E-state index contributed by atoms with van der Waals surface area (Å²) in [4.78, 5) is 10.7. The fraction of sp³-hybridized carbons (Fsp3) is 0.300. The number of anilines is 1. The zero-order chi connectivity index (χ0) is 9.80. The van der Waals surface area contributed by atoms with Crippen molar-refractivity contribution in [2.75, 3.05) is 18.4 Å². The van der Waals surface area contributed by atoms with E-state index in [0.717, 1.165) is 5.69 Å². The Hall–Kier alpha value is -1.71. The van der Waals surface area contributed by atoms with E-state index in [2.05, 4.69) is 10.6 Å². The highest BCUT2D eigenvalue weighted by Gasteiger charge is 2.21. The van der Waals surface area contributed by atoms with Gasteiger partial charge in [0, 0.05) is 5.69 Å². The number of amides is 1. The largest absolute Gasteiger partial charge is 0.442 e. The van der Waals surface area contributed by atoms with E-state index in [1.165, 1.54) is 0 Å². The number of alkyl carbamates (subject to hydrolysis) is 1. The standard InChI is InChI=1S/C10H12N2O2/c13-10-12-7-9(14-10)6-11-8-4-2-1-3-5-8/h1-5,9,11H,6-7H2,(H,12,13)/t9-/m1/s1. The third-order valence-corrected chi connectivity index (χ3v) is 2.06. The topological polar surface area (TPSA) is 50.4 Å². The summed E-state index contributed by atoms with van der Waals surface area (Å²) in [5.41, 5.74) is 1.04. The number of nitrogens with one attached hydrogen (secondary N) is 2. The summed E-state index contributed by atoms with van der Waals surface area (Å²) in [6, 6.07) is 9.83. The predicted octanol–water partition coefficient (Wildman–Crippen LogP) is 1.21. The molecule has 0 saturated carbocycles. The summed E-state index contributed by atoms with van der Waals surface area (Å²) in [6.45, 7) is 1.22. The number of carbonyl (C=O) groups is 1. The molecule has 1 fully saturated rings. The Morgan fingerprint density at radius 1 is 1.43 bits per heavy atom. The van der Waals surface area contributed by atoms with E-state index >= 15 is 0 Å². The summed E-state index contributed by atoms with van der Waals surface area (Å²) >= 11 is 0. The smallest absolute Gasteiger partial charge is 0.407 e. The van der Waals surface area contributed by atoms with Crippen LogP contribution in [0.4, 0.5) is 10.5 Å². The van der Waals surface area contributed by atoms with Crippen LogP contribution in [0.15, 0.2) is 30.3 Å². The molecule has 0 aromatic heterocycles. The van der Waals surface area contributed by atoms with E-state index in [0.29, 0.717) is 13.1 Å². The second-order valence-corrected chi connectivity index (χ2v) is 3.16. The quantitative estimate of drug-likeness (QED) is 0.756. The van der Waals surface area contributed by atoms with Crippen molar-refractivity contribution < 1.29 is 9.53 Å². The lowest BCUT2D eigenvalue weighted by Crippen LogP contribution is -2.23. The normalized spacial score (nSPS) is 20.0. The van der Waals surface area contributed by atoms with Crippen molar-refractivity contribution in [3.05, 3.63) is 30.3 Å². The highest BCUT2D eigenvalue weighted by molar-refractivity contribution is 5.69. The van der Waals surface area contributed by atoms with Crippen LogP contribution in [0.25, 0.3) is 0 Å². The van der Waals surface area contributed by atoms with Gasteiger partial charge in [-0.15, -0.1) is 0 Å². The zero-order valence-corrected chi connectivity index (χ0v) is 7.69. The summed E-state index contributed by atoms with van der Waals surface area (Å²) < 4.78 is 4.97. The molecule has 1 aliphatic rings. The van der Waals surface area contributed by atoms with Crippen molar-refractivity contribution in [2.45, 2.75) is 6.10 Å². The fourth-order valence-electron chi connectivity index (χ4n) is 1.33. The molecule has 0 unspecified atom stereocenters. The van der Waals surface area contributed by atoms with E-state index in [-0.39, 0.29) is 12.2 Å². The molecule has 1 amide bonds. The number of rotatable bonds is 3. The highest BCUT2D eigenvalue weighted by atomic mass is 16.6. The average molecular weight is 192 g/mol. The minimum atomic E-state index is -0.329. The molecule has 1 aliphatic heterocycles. The van der Waals surface area contributed by atoms with Gasteiger partial charge in [0.2, 0.25) is 0 Å². The number of hydrogen-bond donors (Lipinski definition) is 2. The summed E-state index contributed by atoms with van der Waals surface area (Å²) in [5, 5.41) is 5.79. The van der Waals surface area contributed by atoms with E-state index in [1.807, 2.05) is 30.3 Å². The van der Waals surface area contributed by atoms with Gasteiger partial charge in [0.15, 0.2) is 0 Å². The van der Waals surface area contributed by atoms with Gasteiger partial charge in [-0.1, -0.05) is 18.2 Å². The second-order valence-electron chi connectivity index (χ2n) is 3.16. The van der Waals surface area contributed by atoms with Crippen molar-refractivity contribution in [2.24, 2.45) is 0 Å². The molecule has 2 rings (SSSR count). The van der Waals surface area contributed by atoms with Crippen LogP contribution in [0.1, 0.15) is 0 Å². The van der Waals surface area contributed by atoms with Crippen molar-refractivity contribution in [1.29, 1.82) is 0 Å². The number of cyclic esters (lactones) is 1. The molecule has 0 radical (unpaired) electrons. The van der Waals surface area contributed by atoms with Gasteiger partial charge in [-0.05, 0) is 12.1 Å². The Kier molecular flexibility index (Phi) is 2.53. The SMILES string of the molecule is O=C1NC[C@@H](CNc2ccccc2)O1. The maximum absolute atomic E-state index is 10.7. The van der Waals surface area contributed by atoms with Crippen molar-refractivity contribution in [1.82, 2.24) is 5.32 Å². The fourth-order valence-corrected chi connectivity index (χ4v) is 1.33.